The number of aliphatic carboxylic acids is 1. The third kappa shape index (κ3) is 2.56. The molecule has 2 aliphatic rings. The van der Waals surface area contributed by atoms with Gasteiger partial charge in [-0.2, -0.15) is 0 Å². The van der Waals surface area contributed by atoms with Crippen molar-refractivity contribution in [1.82, 2.24) is 4.90 Å². The maximum absolute atomic E-state index is 11.5. The lowest BCUT2D eigenvalue weighted by atomic mass is 9.94. The predicted octanol–water partition coefficient (Wildman–Crippen LogP) is 3.13. The van der Waals surface area contributed by atoms with Crippen molar-refractivity contribution < 1.29 is 9.90 Å². The molecule has 0 radical (unpaired) electrons. The van der Waals surface area contributed by atoms with Crippen molar-refractivity contribution >= 4 is 21.9 Å². The van der Waals surface area contributed by atoms with E-state index in [1.165, 1.54) is 18.4 Å². The van der Waals surface area contributed by atoms with Gasteiger partial charge in [-0.25, -0.2) is 0 Å². The van der Waals surface area contributed by atoms with Gasteiger partial charge in [0.2, 0.25) is 0 Å². The summed E-state index contributed by atoms with van der Waals surface area (Å²) in [6, 6.07) is 7.88. The van der Waals surface area contributed by atoms with Crippen molar-refractivity contribution in [1.29, 1.82) is 0 Å². The predicted molar refractivity (Wildman–Crippen MR) is 76.8 cm³/mol. The van der Waals surface area contributed by atoms with Crippen LogP contribution in [0.1, 0.15) is 24.8 Å². The zero-order valence-electron chi connectivity index (χ0n) is 10.8. The Kier molecular flexibility index (Phi) is 3.63. The zero-order chi connectivity index (χ0) is 13.4. The van der Waals surface area contributed by atoms with Gasteiger partial charge >= 0.3 is 5.97 Å². The molecule has 3 unspecified atom stereocenters. The summed E-state index contributed by atoms with van der Waals surface area (Å²) in [5.74, 6) is 0.316. The Morgan fingerprint density at radius 3 is 2.74 bits per heavy atom. The highest BCUT2D eigenvalue weighted by molar-refractivity contribution is 9.10. The van der Waals surface area contributed by atoms with E-state index in [0.29, 0.717) is 11.8 Å². The first-order chi connectivity index (χ1) is 9.15. The maximum atomic E-state index is 11.5. The molecule has 1 N–H and O–H groups in total. The molecule has 1 heterocycles. The number of carbonyl (C=O) groups is 1. The van der Waals surface area contributed by atoms with Crippen molar-refractivity contribution in [3.05, 3.63) is 34.3 Å². The van der Waals surface area contributed by atoms with Crippen molar-refractivity contribution in [3.8, 4) is 0 Å². The molecule has 102 valence electrons. The van der Waals surface area contributed by atoms with E-state index >= 15 is 0 Å². The maximum Gasteiger partial charge on any atom is 0.321 e. The van der Waals surface area contributed by atoms with E-state index in [2.05, 4.69) is 33.0 Å². The van der Waals surface area contributed by atoms with Crippen LogP contribution in [0.3, 0.4) is 0 Å². The van der Waals surface area contributed by atoms with Gasteiger partial charge in [0.25, 0.3) is 0 Å². The third-order valence-electron chi connectivity index (χ3n) is 4.54. The van der Waals surface area contributed by atoms with Crippen LogP contribution < -0.4 is 0 Å². The van der Waals surface area contributed by atoms with Gasteiger partial charge in [0.15, 0.2) is 0 Å². The Labute approximate surface area is 121 Å². The highest BCUT2D eigenvalue weighted by Gasteiger charge is 2.47. The Bertz CT molecular complexity index is 474. The van der Waals surface area contributed by atoms with Crippen LogP contribution in [0.25, 0.3) is 0 Å². The molecule has 1 saturated carbocycles. The largest absolute Gasteiger partial charge is 0.480 e. The van der Waals surface area contributed by atoms with Crippen LogP contribution in [0.4, 0.5) is 0 Å². The van der Waals surface area contributed by atoms with Crippen molar-refractivity contribution in [2.45, 2.75) is 31.8 Å². The smallest absolute Gasteiger partial charge is 0.321 e. The Hall–Kier alpha value is -0.870. The third-order valence-corrected chi connectivity index (χ3v) is 5.07. The molecule has 3 nitrogen and oxygen atoms in total. The van der Waals surface area contributed by atoms with Gasteiger partial charge in [-0.15, -0.1) is 0 Å². The summed E-state index contributed by atoms with van der Waals surface area (Å²) in [6.45, 7) is 1.69. The van der Waals surface area contributed by atoms with E-state index in [1.54, 1.807) is 0 Å². The molecular weight excluding hydrogens is 306 g/mol. The Morgan fingerprint density at radius 1 is 1.32 bits per heavy atom. The van der Waals surface area contributed by atoms with Gasteiger partial charge in [-0.1, -0.05) is 34.5 Å². The molecular formula is C15H18BrNO2. The lowest BCUT2D eigenvalue weighted by Crippen LogP contribution is -2.39. The number of rotatable bonds is 3. The number of carboxylic acid groups (broad SMARTS) is 1. The van der Waals surface area contributed by atoms with E-state index in [9.17, 15) is 9.90 Å². The summed E-state index contributed by atoms with van der Waals surface area (Å²) < 4.78 is 1.06. The molecule has 1 saturated heterocycles. The average molecular weight is 324 g/mol. The fourth-order valence-corrected chi connectivity index (χ4v) is 3.98. The zero-order valence-corrected chi connectivity index (χ0v) is 12.3. The molecule has 1 aliphatic carbocycles. The molecule has 0 amide bonds. The van der Waals surface area contributed by atoms with Gasteiger partial charge < -0.3 is 5.11 Å². The lowest BCUT2D eigenvalue weighted by molar-refractivity contribution is -0.143. The fourth-order valence-electron chi connectivity index (χ4n) is 3.72. The van der Waals surface area contributed by atoms with Crippen molar-refractivity contribution in [3.63, 3.8) is 0 Å². The summed E-state index contributed by atoms with van der Waals surface area (Å²) in [5.41, 5.74) is 1.19. The second-order valence-electron chi connectivity index (χ2n) is 5.69. The van der Waals surface area contributed by atoms with Gasteiger partial charge in [0.05, 0.1) is 0 Å². The van der Waals surface area contributed by atoms with Crippen LogP contribution in [0.5, 0.6) is 0 Å². The van der Waals surface area contributed by atoms with Gasteiger partial charge in [-0.05, 0) is 42.4 Å². The first-order valence-corrected chi connectivity index (χ1v) is 7.66. The van der Waals surface area contributed by atoms with Gasteiger partial charge in [-0.3, -0.25) is 9.69 Å². The number of benzene rings is 1. The standard InChI is InChI=1S/C15H18BrNO2/c16-12-6-4-10(5-7-12)8-17-9-11-2-1-3-13(11)14(17)15(18)19/h4-7,11,13-14H,1-3,8-9H2,(H,18,19). The number of likely N-dealkylation sites (tertiary alicyclic amines) is 1. The quantitative estimate of drug-likeness (QED) is 0.929. The van der Waals surface area contributed by atoms with Crippen LogP contribution in [-0.2, 0) is 11.3 Å². The molecule has 0 aromatic heterocycles. The van der Waals surface area contributed by atoms with Gasteiger partial charge in [0, 0.05) is 17.6 Å². The molecule has 4 heteroatoms. The molecule has 1 aromatic rings. The first kappa shape index (κ1) is 13.1. The number of halogens is 1. The Balaban J connectivity index is 1.76. The molecule has 1 aliphatic heterocycles. The summed E-state index contributed by atoms with van der Waals surface area (Å²) in [5, 5.41) is 9.50. The minimum Gasteiger partial charge on any atom is -0.480 e. The summed E-state index contributed by atoms with van der Waals surface area (Å²) in [4.78, 5) is 13.7. The van der Waals surface area contributed by atoms with E-state index < -0.39 is 5.97 Å². The number of nitrogens with zero attached hydrogens (tertiary/aromatic N) is 1. The number of hydrogen-bond donors (Lipinski definition) is 1. The second-order valence-corrected chi connectivity index (χ2v) is 6.61. The van der Waals surface area contributed by atoms with Crippen LogP contribution in [0.15, 0.2) is 28.7 Å². The molecule has 19 heavy (non-hydrogen) atoms. The average Bonchev–Trinajstić information content (AvgIpc) is 2.91. The summed E-state index contributed by atoms with van der Waals surface area (Å²) >= 11 is 3.42. The molecule has 3 rings (SSSR count). The van der Waals surface area contributed by atoms with E-state index in [1.807, 2.05) is 12.1 Å². The van der Waals surface area contributed by atoms with Crippen molar-refractivity contribution in [2.24, 2.45) is 11.8 Å². The second kappa shape index (κ2) is 5.25. The lowest BCUT2D eigenvalue weighted by Gasteiger charge is -2.24. The minimum absolute atomic E-state index is 0.281. The normalized spacial score (nSPS) is 30.5. The first-order valence-electron chi connectivity index (χ1n) is 6.86. The van der Waals surface area contributed by atoms with E-state index in [-0.39, 0.29) is 6.04 Å². The highest BCUT2D eigenvalue weighted by atomic mass is 79.9. The molecule has 3 atom stereocenters. The highest BCUT2D eigenvalue weighted by Crippen LogP contribution is 2.42. The molecule has 2 fully saturated rings. The van der Waals surface area contributed by atoms with Crippen LogP contribution in [0, 0.1) is 11.8 Å². The van der Waals surface area contributed by atoms with Gasteiger partial charge in [0.1, 0.15) is 6.04 Å². The number of carboxylic acids is 1. The molecule has 0 bridgehead atoms. The minimum atomic E-state index is -0.647. The number of fused-ring (bicyclic) bond motifs is 1. The monoisotopic (exact) mass is 323 g/mol. The topological polar surface area (TPSA) is 40.5 Å². The SMILES string of the molecule is O=C(O)C1C2CCCC2CN1Cc1ccc(Br)cc1. The van der Waals surface area contributed by atoms with Crippen LogP contribution >= 0.6 is 15.9 Å². The van der Waals surface area contributed by atoms with E-state index in [0.717, 1.165) is 24.0 Å². The Morgan fingerprint density at radius 2 is 2.05 bits per heavy atom. The molecule has 0 spiro atoms. The number of hydrogen-bond acceptors (Lipinski definition) is 2. The fraction of sp³-hybridized carbons (Fsp3) is 0.533. The molecule has 1 aromatic carbocycles. The summed E-state index contributed by atoms with van der Waals surface area (Å²) in [7, 11) is 0. The summed E-state index contributed by atoms with van der Waals surface area (Å²) in [6.07, 6.45) is 3.48. The van der Waals surface area contributed by atoms with E-state index in [4.69, 9.17) is 0 Å². The van der Waals surface area contributed by atoms with Crippen LogP contribution in [0.2, 0.25) is 0 Å². The van der Waals surface area contributed by atoms with Crippen molar-refractivity contribution in [2.75, 3.05) is 6.54 Å². The van der Waals surface area contributed by atoms with Crippen LogP contribution in [-0.4, -0.2) is 28.6 Å².